The van der Waals surface area contributed by atoms with Crippen molar-refractivity contribution in [3.63, 3.8) is 0 Å². The average molecular weight is 330 g/mol. The summed E-state index contributed by atoms with van der Waals surface area (Å²) in [5.41, 5.74) is 0.129. The molecule has 5 nitrogen and oxygen atoms in total. The fraction of sp³-hybridized carbons (Fsp3) is 0.222. The van der Waals surface area contributed by atoms with Gasteiger partial charge in [0.05, 0.1) is 18.8 Å². The van der Waals surface area contributed by atoms with Crippen molar-refractivity contribution in [1.82, 2.24) is 0 Å². The summed E-state index contributed by atoms with van der Waals surface area (Å²) in [6.07, 6.45) is 0.762. The SMILES string of the molecule is O=C(COC(=O)c1ccccc1F)c1ccc2c(c1)OCCCO2. The number of Topliss-reactive ketones (excluding diaryl/α,β-unsaturated/α-hetero) is 1. The van der Waals surface area contributed by atoms with E-state index >= 15 is 0 Å². The largest absolute Gasteiger partial charge is 0.490 e. The van der Waals surface area contributed by atoms with Crippen molar-refractivity contribution in [1.29, 1.82) is 0 Å². The van der Waals surface area contributed by atoms with Gasteiger partial charge in [0.1, 0.15) is 5.82 Å². The molecule has 0 N–H and O–H groups in total. The highest BCUT2D eigenvalue weighted by Gasteiger charge is 2.17. The number of carbonyl (C=O) groups is 2. The van der Waals surface area contributed by atoms with Crippen LogP contribution >= 0.6 is 0 Å². The zero-order valence-electron chi connectivity index (χ0n) is 12.8. The van der Waals surface area contributed by atoms with Crippen LogP contribution in [-0.2, 0) is 4.74 Å². The molecule has 0 spiro atoms. The van der Waals surface area contributed by atoms with E-state index in [0.29, 0.717) is 30.3 Å². The molecule has 6 heteroatoms. The molecule has 1 aliphatic heterocycles. The van der Waals surface area contributed by atoms with Crippen LogP contribution in [-0.4, -0.2) is 31.6 Å². The van der Waals surface area contributed by atoms with Crippen molar-refractivity contribution in [2.24, 2.45) is 0 Å². The lowest BCUT2D eigenvalue weighted by Crippen LogP contribution is -2.15. The van der Waals surface area contributed by atoms with Gasteiger partial charge in [-0.2, -0.15) is 0 Å². The average Bonchev–Trinajstić information content (AvgIpc) is 2.84. The first-order valence-corrected chi connectivity index (χ1v) is 7.49. The van der Waals surface area contributed by atoms with E-state index in [2.05, 4.69) is 0 Å². The first-order valence-electron chi connectivity index (χ1n) is 7.49. The predicted octanol–water partition coefficient (Wildman–Crippen LogP) is 3.03. The molecule has 3 rings (SSSR count). The van der Waals surface area contributed by atoms with E-state index in [1.165, 1.54) is 18.2 Å². The maximum Gasteiger partial charge on any atom is 0.341 e. The highest BCUT2D eigenvalue weighted by Crippen LogP contribution is 2.30. The number of halogens is 1. The number of benzene rings is 2. The first-order chi connectivity index (χ1) is 11.6. The molecule has 1 heterocycles. The molecule has 0 radical (unpaired) electrons. The Morgan fingerprint density at radius 2 is 1.79 bits per heavy atom. The summed E-state index contributed by atoms with van der Waals surface area (Å²) in [5, 5.41) is 0. The van der Waals surface area contributed by atoms with Gasteiger partial charge < -0.3 is 14.2 Å². The van der Waals surface area contributed by atoms with Gasteiger partial charge in [-0.3, -0.25) is 4.79 Å². The number of carbonyl (C=O) groups excluding carboxylic acids is 2. The third kappa shape index (κ3) is 3.53. The summed E-state index contributed by atoms with van der Waals surface area (Å²) < 4.78 is 29.4. The van der Waals surface area contributed by atoms with Crippen molar-refractivity contribution in [3.8, 4) is 11.5 Å². The van der Waals surface area contributed by atoms with Crippen LogP contribution in [0.3, 0.4) is 0 Å². The molecule has 2 aromatic rings. The van der Waals surface area contributed by atoms with Crippen LogP contribution in [0.4, 0.5) is 4.39 Å². The fourth-order valence-corrected chi connectivity index (χ4v) is 2.26. The predicted molar refractivity (Wildman–Crippen MR) is 83.1 cm³/mol. The molecule has 0 bridgehead atoms. The number of ketones is 1. The van der Waals surface area contributed by atoms with Gasteiger partial charge in [-0.25, -0.2) is 9.18 Å². The van der Waals surface area contributed by atoms with Gasteiger partial charge in [-0.1, -0.05) is 12.1 Å². The lowest BCUT2D eigenvalue weighted by molar-refractivity contribution is 0.0470. The number of esters is 1. The number of hydrogen-bond donors (Lipinski definition) is 0. The molecule has 124 valence electrons. The first kappa shape index (κ1) is 16.0. The highest BCUT2D eigenvalue weighted by molar-refractivity contribution is 5.99. The van der Waals surface area contributed by atoms with E-state index in [4.69, 9.17) is 14.2 Å². The summed E-state index contributed by atoms with van der Waals surface area (Å²) >= 11 is 0. The van der Waals surface area contributed by atoms with E-state index in [1.54, 1.807) is 18.2 Å². The normalized spacial score (nSPS) is 13.0. The monoisotopic (exact) mass is 330 g/mol. The lowest BCUT2D eigenvalue weighted by Gasteiger charge is -2.09. The van der Waals surface area contributed by atoms with Crippen LogP contribution in [0.25, 0.3) is 0 Å². The van der Waals surface area contributed by atoms with E-state index in [0.717, 1.165) is 12.5 Å². The molecule has 0 saturated carbocycles. The molecule has 0 aromatic heterocycles. The molecule has 0 unspecified atom stereocenters. The molecule has 0 amide bonds. The fourth-order valence-electron chi connectivity index (χ4n) is 2.26. The Morgan fingerprint density at radius 1 is 1.04 bits per heavy atom. The van der Waals surface area contributed by atoms with E-state index < -0.39 is 24.2 Å². The maximum atomic E-state index is 13.5. The third-order valence-corrected chi connectivity index (χ3v) is 3.50. The van der Waals surface area contributed by atoms with Crippen LogP contribution in [0.15, 0.2) is 42.5 Å². The maximum absolute atomic E-state index is 13.5. The van der Waals surface area contributed by atoms with E-state index in [1.807, 2.05) is 0 Å². The second-order valence-electron chi connectivity index (χ2n) is 5.19. The minimum atomic E-state index is -0.879. The Labute approximate surface area is 138 Å². The van der Waals surface area contributed by atoms with Gasteiger partial charge in [0.15, 0.2) is 23.9 Å². The number of ether oxygens (including phenoxy) is 3. The molecule has 0 atom stereocenters. The van der Waals surface area contributed by atoms with Crippen molar-refractivity contribution in [2.45, 2.75) is 6.42 Å². The number of rotatable bonds is 4. The van der Waals surface area contributed by atoms with Gasteiger partial charge in [0.25, 0.3) is 0 Å². The molecule has 0 fully saturated rings. The zero-order chi connectivity index (χ0) is 16.9. The van der Waals surface area contributed by atoms with Crippen LogP contribution < -0.4 is 9.47 Å². The van der Waals surface area contributed by atoms with Gasteiger partial charge in [0.2, 0.25) is 0 Å². The third-order valence-electron chi connectivity index (χ3n) is 3.50. The van der Waals surface area contributed by atoms with Crippen LogP contribution in [0.5, 0.6) is 11.5 Å². The van der Waals surface area contributed by atoms with E-state index in [-0.39, 0.29) is 5.56 Å². The Bertz CT molecular complexity index is 772. The topological polar surface area (TPSA) is 61.8 Å². The van der Waals surface area contributed by atoms with Crippen molar-refractivity contribution < 1.29 is 28.2 Å². The van der Waals surface area contributed by atoms with Crippen molar-refractivity contribution in [2.75, 3.05) is 19.8 Å². The lowest BCUT2D eigenvalue weighted by atomic mass is 10.1. The smallest absolute Gasteiger partial charge is 0.341 e. The number of hydrogen-bond acceptors (Lipinski definition) is 5. The van der Waals surface area contributed by atoms with Gasteiger partial charge in [0, 0.05) is 12.0 Å². The molecular weight excluding hydrogens is 315 g/mol. The summed E-state index contributed by atoms with van der Waals surface area (Å²) in [4.78, 5) is 24.0. The standard InChI is InChI=1S/C18H15FO5/c19-14-5-2-1-4-13(14)18(21)24-11-15(20)12-6-7-16-17(10-12)23-9-3-8-22-16/h1-2,4-7,10H,3,8-9,11H2. The Kier molecular flexibility index (Phi) is 4.74. The van der Waals surface area contributed by atoms with Crippen LogP contribution in [0, 0.1) is 5.82 Å². The molecule has 0 saturated heterocycles. The summed E-state index contributed by atoms with van der Waals surface area (Å²) in [7, 11) is 0. The quantitative estimate of drug-likeness (QED) is 0.637. The molecule has 0 aliphatic carbocycles. The molecule has 24 heavy (non-hydrogen) atoms. The van der Waals surface area contributed by atoms with E-state index in [9.17, 15) is 14.0 Å². The van der Waals surface area contributed by atoms with Crippen LogP contribution in [0.2, 0.25) is 0 Å². The Hall–Kier alpha value is -2.89. The molecular formula is C18H15FO5. The van der Waals surface area contributed by atoms with Gasteiger partial charge >= 0.3 is 5.97 Å². The zero-order valence-corrected chi connectivity index (χ0v) is 12.8. The van der Waals surface area contributed by atoms with Crippen molar-refractivity contribution in [3.05, 3.63) is 59.4 Å². The molecule has 2 aromatic carbocycles. The number of fused-ring (bicyclic) bond motifs is 1. The Morgan fingerprint density at radius 3 is 2.58 bits per heavy atom. The minimum Gasteiger partial charge on any atom is -0.490 e. The summed E-state index contributed by atoms with van der Waals surface area (Å²) in [5.74, 6) is -0.914. The van der Waals surface area contributed by atoms with Gasteiger partial charge in [-0.15, -0.1) is 0 Å². The van der Waals surface area contributed by atoms with Crippen LogP contribution in [0.1, 0.15) is 27.1 Å². The van der Waals surface area contributed by atoms with Gasteiger partial charge in [-0.05, 0) is 30.3 Å². The molecule has 1 aliphatic rings. The summed E-state index contributed by atoms with van der Waals surface area (Å²) in [6, 6.07) is 10.2. The second kappa shape index (κ2) is 7.12. The second-order valence-corrected chi connectivity index (χ2v) is 5.19. The van der Waals surface area contributed by atoms with Crippen molar-refractivity contribution >= 4 is 11.8 Å². The highest BCUT2D eigenvalue weighted by atomic mass is 19.1. The Balaban J connectivity index is 1.66. The minimum absolute atomic E-state index is 0.205. The summed E-state index contributed by atoms with van der Waals surface area (Å²) in [6.45, 7) is 0.584.